The van der Waals surface area contributed by atoms with Gasteiger partial charge in [-0.25, -0.2) is 13.1 Å². The zero-order valence-corrected chi connectivity index (χ0v) is 17.3. The van der Waals surface area contributed by atoms with Crippen molar-refractivity contribution in [2.75, 3.05) is 19.7 Å². The van der Waals surface area contributed by atoms with Crippen LogP contribution in [0.4, 0.5) is 0 Å². The van der Waals surface area contributed by atoms with Crippen LogP contribution in [0.2, 0.25) is 0 Å². The molecular formula is C20H29N3O5S. The largest absolute Gasteiger partial charge is 0.484 e. The quantitative estimate of drug-likeness (QED) is 0.687. The van der Waals surface area contributed by atoms with Gasteiger partial charge in [0.15, 0.2) is 6.61 Å². The first-order valence-electron chi connectivity index (χ1n) is 10.2. The molecule has 1 saturated carbocycles. The molecule has 9 heteroatoms. The lowest BCUT2D eigenvalue weighted by molar-refractivity contribution is -0.136. The molecule has 2 fully saturated rings. The Hall–Kier alpha value is -2.13. The lowest BCUT2D eigenvalue weighted by Crippen LogP contribution is -2.43. The Bertz CT molecular complexity index is 811. The third kappa shape index (κ3) is 5.93. The molecule has 1 heterocycles. The summed E-state index contributed by atoms with van der Waals surface area (Å²) in [6.45, 7) is 0.841. The number of carbonyl (C=O) groups excluding carboxylic acids is 2. The first-order chi connectivity index (χ1) is 13.8. The van der Waals surface area contributed by atoms with E-state index in [1.165, 1.54) is 12.1 Å². The number of rotatable bonds is 7. The maximum absolute atomic E-state index is 12.5. The smallest absolute Gasteiger partial charge is 0.260 e. The second-order valence-electron chi connectivity index (χ2n) is 7.77. The third-order valence-corrected chi connectivity index (χ3v) is 7.21. The number of primary amides is 1. The van der Waals surface area contributed by atoms with Crippen LogP contribution in [0.1, 0.15) is 44.9 Å². The van der Waals surface area contributed by atoms with Crippen molar-refractivity contribution in [3.63, 3.8) is 0 Å². The number of nitrogens with two attached hydrogens (primary N) is 1. The molecule has 0 unspecified atom stereocenters. The summed E-state index contributed by atoms with van der Waals surface area (Å²) in [7, 11) is -3.56. The zero-order valence-electron chi connectivity index (χ0n) is 16.5. The topological polar surface area (TPSA) is 119 Å². The van der Waals surface area contributed by atoms with Gasteiger partial charge < -0.3 is 15.4 Å². The van der Waals surface area contributed by atoms with E-state index in [1.807, 2.05) is 0 Å². The zero-order chi connectivity index (χ0) is 20.9. The molecule has 1 aliphatic carbocycles. The van der Waals surface area contributed by atoms with Crippen LogP contribution in [0, 0.1) is 5.92 Å². The molecule has 160 valence electrons. The second kappa shape index (κ2) is 9.58. The van der Waals surface area contributed by atoms with Gasteiger partial charge in [0.2, 0.25) is 15.9 Å². The summed E-state index contributed by atoms with van der Waals surface area (Å²) in [5.41, 5.74) is 5.30. The van der Waals surface area contributed by atoms with E-state index in [4.69, 9.17) is 10.5 Å². The number of piperidine rings is 1. The Morgan fingerprint density at radius 1 is 1.03 bits per heavy atom. The van der Waals surface area contributed by atoms with Crippen molar-refractivity contribution in [2.24, 2.45) is 11.7 Å². The molecule has 1 aromatic carbocycles. The van der Waals surface area contributed by atoms with Gasteiger partial charge in [0, 0.05) is 25.0 Å². The Kier molecular flexibility index (Phi) is 7.13. The van der Waals surface area contributed by atoms with Crippen molar-refractivity contribution in [2.45, 2.75) is 55.9 Å². The highest BCUT2D eigenvalue weighted by molar-refractivity contribution is 7.89. The highest BCUT2D eigenvalue weighted by Crippen LogP contribution is 2.22. The van der Waals surface area contributed by atoms with Crippen molar-refractivity contribution in [3.8, 4) is 5.75 Å². The number of hydrogen-bond donors (Lipinski definition) is 2. The van der Waals surface area contributed by atoms with E-state index in [1.54, 1.807) is 17.0 Å². The van der Waals surface area contributed by atoms with Crippen LogP contribution in [-0.2, 0) is 19.6 Å². The van der Waals surface area contributed by atoms with Crippen molar-refractivity contribution >= 4 is 21.8 Å². The minimum atomic E-state index is -3.56. The Morgan fingerprint density at radius 3 is 2.24 bits per heavy atom. The van der Waals surface area contributed by atoms with Crippen LogP contribution >= 0.6 is 0 Å². The van der Waals surface area contributed by atoms with Crippen molar-refractivity contribution < 1.29 is 22.7 Å². The van der Waals surface area contributed by atoms with Gasteiger partial charge in [-0.15, -0.1) is 0 Å². The number of nitrogens with zero attached hydrogens (tertiary/aromatic N) is 1. The molecule has 1 saturated heterocycles. The number of amides is 2. The highest BCUT2D eigenvalue weighted by Gasteiger charge is 2.26. The fraction of sp³-hybridized carbons (Fsp3) is 0.600. The van der Waals surface area contributed by atoms with Gasteiger partial charge >= 0.3 is 0 Å². The molecule has 1 aliphatic heterocycles. The molecule has 8 nitrogen and oxygen atoms in total. The molecule has 3 N–H and O–H groups in total. The van der Waals surface area contributed by atoms with Crippen LogP contribution in [0.5, 0.6) is 5.75 Å². The number of sulfonamides is 1. The van der Waals surface area contributed by atoms with E-state index < -0.39 is 10.0 Å². The molecule has 0 bridgehead atoms. The summed E-state index contributed by atoms with van der Waals surface area (Å²) >= 11 is 0. The van der Waals surface area contributed by atoms with Gasteiger partial charge in [-0.1, -0.05) is 19.3 Å². The van der Waals surface area contributed by atoms with Crippen LogP contribution in [0.3, 0.4) is 0 Å². The first-order valence-corrected chi connectivity index (χ1v) is 11.7. The fourth-order valence-electron chi connectivity index (χ4n) is 3.87. The van der Waals surface area contributed by atoms with Gasteiger partial charge in [0.05, 0.1) is 4.90 Å². The summed E-state index contributed by atoms with van der Waals surface area (Å²) < 4.78 is 33.3. The summed E-state index contributed by atoms with van der Waals surface area (Å²) in [5, 5.41) is 0. The van der Waals surface area contributed by atoms with Crippen molar-refractivity contribution in [1.29, 1.82) is 0 Å². The number of nitrogens with one attached hydrogen (secondary N) is 1. The van der Waals surface area contributed by atoms with Crippen LogP contribution in [0.25, 0.3) is 0 Å². The standard InChI is InChI=1S/C20H29N3O5S/c21-20(25)15-10-12-23(13-11-15)19(24)14-28-17-6-8-18(9-7-17)29(26,27)22-16-4-2-1-3-5-16/h6-9,15-16,22H,1-5,10-14H2,(H2,21,25). The number of hydrogen-bond acceptors (Lipinski definition) is 5. The third-order valence-electron chi connectivity index (χ3n) is 5.67. The van der Waals surface area contributed by atoms with Crippen LogP contribution in [0.15, 0.2) is 29.2 Å². The Balaban J connectivity index is 1.49. The summed E-state index contributed by atoms with van der Waals surface area (Å²) in [5.74, 6) is -0.219. The molecule has 1 aromatic rings. The average Bonchev–Trinajstić information content (AvgIpc) is 2.73. The van der Waals surface area contributed by atoms with Gasteiger partial charge in [-0.2, -0.15) is 0 Å². The van der Waals surface area contributed by atoms with Gasteiger partial charge in [-0.05, 0) is 49.9 Å². The van der Waals surface area contributed by atoms with E-state index in [2.05, 4.69) is 4.72 Å². The molecule has 0 aromatic heterocycles. The van der Waals surface area contributed by atoms with E-state index in [0.29, 0.717) is 31.7 Å². The molecule has 0 atom stereocenters. The molecular weight excluding hydrogens is 394 g/mol. The molecule has 2 aliphatic rings. The number of benzene rings is 1. The lowest BCUT2D eigenvalue weighted by atomic mass is 9.96. The summed E-state index contributed by atoms with van der Waals surface area (Å²) in [6, 6.07) is 6.09. The Morgan fingerprint density at radius 2 is 1.66 bits per heavy atom. The molecule has 0 spiro atoms. The molecule has 0 radical (unpaired) electrons. The lowest BCUT2D eigenvalue weighted by Gasteiger charge is -2.30. The number of likely N-dealkylation sites (tertiary alicyclic amines) is 1. The number of carbonyl (C=O) groups is 2. The summed E-state index contributed by atoms with van der Waals surface area (Å²) in [4.78, 5) is 25.3. The van der Waals surface area contributed by atoms with Gasteiger partial charge in [0.25, 0.3) is 5.91 Å². The molecule has 29 heavy (non-hydrogen) atoms. The van der Waals surface area contributed by atoms with Gasteiger partial charge in [0.1, 0.15) is 5.75 Å². The maximum Gasteiger partial charge on any atom is 0.260 e. The van der Waals surface area contributed by atoms with E-state index in [0.717, 1.165) is 32.1 Å². The van der Waals surface area contributed by atoms with Crippen molar-refractivity contribution in [1.82, 2.24) is 9.62 Å². The van der Waals surface area contributed by atoms with Gasteiger partial charge in [-0.3, -0.25) is 9.59 Å². The second-order valence-corrected chi connectivity index (χ2v) is 9.49. The molecule has 2 amide bonds. The first kappa shape index (κ1) is 21.6. The maximum atomic E-state index is 12.5. The minimum Gasteiger partial charge on any atom is -0.484 e. The SMILES string of the molecule is NC(=O)C1CCN(C(=O)COc2ccc(S(=O)(=O)NC3CCCCC3)cc2)CC1. The predicted octanol–water partition coefficient (Wildman–Crippen LogP) is 1.40. The van der Waals surface area contributed by atoms with E-state index in [-0.39, 0.29) is 35.3 Å². The monoisotopic (exact) mass is 423 g/mol. The van der Waals surface area contributed by atoms with Crippen molar-refractivity contribution in [3.05, 3.63) is 24.3 Å². The van der Waals surface area contributed by atoms with Crippen LogP contribution < -0.4 is 15.2 Å². The van der Waals surface area contributed by atoms with Crippen LogP contribution in [-0.4, -0.2) is 50.9 Å². The highest BCUT2D eigenvalue weighted by atomic mass is 32.2. The molecule has 3 rings (SSSR count). The minimum absolute atomic E-state index is 0.000929. The predicted molar refractivity (Wildman–Crippen MR) is 108 cm³/mol. The fourth-order valence-corrected chi connectivity index (χ4v) is 5.18. The average molecular weight is 424 g/mol. The Labute approximate surface area is 171 Å². The number of ether oxygens (including phenoxy) is 1. The normalized spacial score (nSPS) is 19.1. The summed E-state index contributed by atoms with van der Waals surface area (Å²) in [6.07, 6.45) is 6.15. The van der Waals surface area contributed by atoms with E-state index >= 15 is 0 Å². The van der Waals surface area contributed by atoms with E-state index in [9.17, 15) is 18.0 Å².